The van der Waals surface area contributed by atoms with Crippen LogP contribution in [0.1, 0.15) is 106 Å². The third-order valence-electron chi connectivity index (χ3n) is 10.5. The molecule has 1 amide bonds. The molecule has 1 aliphatic heterocycles. The molecular formula is C48H60N4O6. The molecule has 0 aliphatic carbocycles. The molecule has 3 aromatic carbocycles. The largest absolute Gasteiger partial charge is 0.492 e. The Labute approximate surface area is 343 Å². The fourth-order valence-corrected chi connectivity index (χ4v) is 7.74. The summed E-state index contributed by atoms with van der Waals surface area (Å²) in [5, 5.41) is 4.14. The first-order valence-electron chi connectivity index (χ1n) is 20.9. The van der Waals surface area contributed by atoms with Gasteiger partial charge in [-0.25, -0.2) is 14.6 Å². The highest BCUT2D eigenvalue weighted by Crippen LogP contribution is 2.43. The van der Waals surface area contributed by atoms with Crippen molar-refractivity contribution in [1.29, 1.82) is 0 Å². The predicted octanol–water partition coefficient (Wildman–Crippen LogP) is 10.3. The number of carbonyl (C=O) groups excluding carboxylic acids is 2. The van der Waals surface area contributed by atoms with Crippen molar-refractivity contribution in [2.45, 2.75) is 105 Å². The molecule has 5 aromatic rings. The normalized spacial score (nSPS) is 15.0. The molecule has 308 valence electrons. The van der Waals surface area contributed by atoms with Crippen LogP contribution >= 0.6 is 0 Å². The van der Waals surface area contributed by atoms with Crippen molar-refractivity contribution in [3.8, 4) is 22.9 Å². The van der Waals surface area contributed by atoms with Gasteiger partial charge in [-0.15, -0.1) is 0 Å². The van der Waals surface area contributed by atoms with Crippen molar-refractivity contribution < 1.29 is 28.5 Å². The molecule has 10 nitrogen and oxygen atoms in total. The first-order chi connectivity index (χ1) is 28.0. The van der Waals surface area contributed by atoms with E-state index in [1.807, 2.05) is 57.2 Å². The van der Waals surface area contributed by atoms with Crippen LogP contribution in [-0.2, 0) is 35.6 Å². The summed E-state index contributed by atoms with van der Waals surface area (Å²) in [4.78, 5) is 34.3. The number of hydrogen-bond donors (Lipinski definition) is 1. The van der Waals surface area contributed by atoms with Gasteiger partial charge in [-0.05, 0) is 76.4 Å². The monoisotopic (exact) mass is 788 g/mol. The summed E-state index contributed by atoms with van der Waals surface area (Å²) in [5.41, 5.74) is 6.55. The number of fused-ring (bicyclic) bond motifs is 3. The minimum Gasteiger partial charge on any atom is -0.492 e. The van der Waals surface area contributed by atoms with Crippen LogP contribution in [0.15, 0.2) is 84.9 Å². The van der Waals surface area contributed by atoms with E-state index in [0.717, 1.165) is 72.1 Å². The van der Waals surface area contributed by atoms with Crippen molar-refractivity contribution in [3.05, 3.63) is 113 Å². The molecule has 1 N–H and O–H groups in total. The molecule has 2 aromatic heterocycles. The van der Waals surface area contributed by atoms with Gasteiger partial charge in [0.05, 0.1) is 24.9 Å². The van der Waals surface area contributed by atoms with E-state index in [1.54, 1.807) is 0 Å². The van der Waals surface area contributed by atoms with E-state index in [0.29, 0.717) is 31.9 Å². The quantitative estimate of drug-likeness (QED) is 0.0691. The van der Waals surface area contributed by atoms with Gasteiger partial charge in [-0.1, -0.05) is 100 Å². The van der Waals surface area contributed by atoms with E-state index >= 15 is 0 Å². The average Bonchev–Trinajstić information content (AvgIpc) is 3.74. The van der Waals surface area contributed by atoms with E-state index in [9.17, 15) is 9.59 Å². The summed E-state index contributed by atoms with van der Waals surface area (Å²) in [6.45, 7) is 14.9. The third kappa shape index (κ3) is 10.2. The molecule has 6 rings (SSSR count). The molecule has 0 spiro atoms. The zero-order valence-electron chi connectivity index (χ0n) is 35.3. The molecule has 3 heterocycles. The SMILES string of the molecule is CCCCOc1nc(-c2ccc3c(c2)cc2n3C[C@@H](CNC(=O)OC(C)(C)C)[C@H]2N(C)Cc2ccccc2)c(CC)c(OCCCC)c1C(=O)OCc1ccccc1. The Morgan fingerprint density at radius 1 is 0.879 bits per heavy atom. The number of pyridine rings is 1. The maximum Gasteiger partial charge on any atom is 0.407 e. The molecule has 2 atom stereocenters. The summed E-state index contributed by atoms with van der Waals surface area (Å²) in [6, 6.07) is 28.9. The second-order valence-corrected chi connectivity index (χ2v) is 16.2. The highest BCUT2D eigenvalue weighted by molar-refractivity contribution is 5.97. The van der Waals surface area contributed by atoms with Crippen molar-refractivity contribution >= 4 is 23.0 Å². The lowest BCUT2D eigenvalue weighted by Gasteiger charge is -2.30. The number of nitrogens with zero attached hydrogens (tertiary/aromatic N) is 3. The van der Waals surface area contributed by atoms with Crippen LogP contribution in [0, 0.1) is 5.92 Å². The van der Waals surface area contributed by atoms with Gasteiger partial charge in [-0.3, -0.25) is 4.90 Å². The van der Waals surface area contributed by atoms with Gasteiger partial charge in [0.15, 0.2) is 5.56 Å². The van der Waals surface area contributed by atoms with Crippen LogP contribution in [0.3, 0.4) is 0 Å². The maximum atomic E-state index is 14.0. The second-order valence-electron chi connectivity index (χ2n) is 16.2. The van der Waals surface area contributed by atoms with Crippen molar-refractivity contribution in [1.82, 2.24) is 19.8 Å². The first kappa shape index (κ1) is 42.3. The Morgan fingerprint density at radius 2 is 1.55 bits per heavy atom. The molecule has 0 unspecified atom stereocenters. The van der Waals surface area contributed by atoms with Crippen molar-refractivity contribution in [2.75, 3.05) is 26.8 Å². The van der Waals surface area contributed by atoms with Crippen LogP contribution in [-0.4, -0.2) is 58.9 Å². The zero-order chi connectivity index (χ0) is 41.2. The average molecular weight is 789 g/mol. The minimum absolute atomic E-state index is 0.0358. The smallest absolute Gasteiger partial charge is 0.407 e. The van der Waals surface area contributed by atoms with Gasteiger partial charge < -0.3 is 28.8 Å². The highest BCUT2D eigenvalue weighted by Gasteiger charge is 2.37. The highest BCUT2D eigenvalue weighted by atomic mass is 16.6. The maximum absolute atomic E-state index is 14.0. The van der Waals surface area contributed by atoms with Crippen LogP contribution in [0.5, 0.6) is 11.6 Å². The summed E-state index contributed by atoms with van der Waals surface area (Å²) >= 11 is 0. The lowest BCUT2D eigenvalue weighted by molar-refractivity contribution is 0.0459. The molecule has 0 saturated heterocycles. The number of esters is 1. The third-order valence-corrected chi connectivity index (χ3v) is 10.5. The molecule has 0 radical (unpaired) electrons. The Bertz CT molecular complexity index is 2140. The molecule has 58 heavy (non-hydrogen) atoms. The summed E-state index contributed by atoms with van der Waals surface area (Å²) < 4.78 is 26.7. The standard InChI is InChI=1S/C48H60N4O6/c1-8-11-25-55-44-38(10-3)42(50-45(56-26-12-9-2)41(44)46(53)57-32-34-21-17-14-18-22-34)35-23-24-39-36(27-35)28-40-43(51(7)30-33-19-15-13-16-20-33)37(31-52(39)40)29-49-47(54)58-48(4,5)6/h13-24,27-28,37,43H,8-12,25-26,29-32H2,1-7H3,(H,49,54)/t37-,43-/m1/s1. The number of unbranched alkanes of at least 4 members (excludes halogenated alkanes) is 2. The Morgan fingerprint density at radius 3 is 2.21 bits per heavy atom. The topological polar surface area (TPSA) is 104 Å². The second kappa shape index (κ2) is 19.4. The van der Waals surface area contributed by atoms with Crippen LogP contribution in [0.2, 0.25) is 0 Å². The van der Waals surface area contributed by atoms with E-state index in [2.05, 4.69) is 91.1 Å². The lowest BCUT2D eigenvalue weighted by Crippen LogP contribution is -2.38. The van der Waals surface area contributed by atoms with Crippen LogP contribution in [0.25, 0.3) is 22.2 Å². The van der Waals surface area contributed by atoms with Gasteiger partial charge in [0.1, 0.15) is 18.0 Å². The number of ether oxygens (including phenoxy) is 4. The fourth-order valence-electron chi connectivity index (χ4n) is 7.74. The first-order valence-corrected chi connectivity index (χ1v) is 20.9. The van der Waals surface area contributed by atoms with Gasteiger partial charge in [-0.2, -0.15) is 0 Å². The van der Waals surface area contributed by atoms with E-state index in [-0.39, 0.29) is 30.0 Å². The predicted molar refractivity (Wildman–Crippen MR) is 229 cm³/mol. The number of aromatic nitrogens is 2. The number of rotatable bonds is 18. The summed E-state index contributed by atoms with van der Waals surface area (Å²) in [6.07, 6.45) is 3.70. The van der Waals surface area contributed by atoms with Crippen LogP contribution in [0.4, 0.5) is 4.79 Å². The van der Waals surface area contributed by atoms with E-state index in [4.69, 9.17) is 23.9 Å². The number of carbonyl (C=O) groups is 2. The zero-order valence-corrected chi connectivity index (χ0v) is 35.3. The molecule has 1 aliphatic rings. The minimum atomic E-state index is -0.578. The Balaban J connectivity index is 1.39. The molecule has 0 fully saturated rings. The number of alkyl carbamates (subject to hydrolysis) is 1. The van der Waals surface area contributed by atoms with Crippen molar-refractivity contribution in [3.63, 3.8) is 0 Å². The van der Waals surface area contributed by atoms with Crippen molar-refractivity contribution in [2.24, 2.45) is 5.92 Å². The number of amides is 1. The summed E-state index contributed by atoms with van der Waals surface area (Å²) in [5.74, 6) is 0.310. The van der Waals surface area contributed by atoms with Gasteiger partial charge in [0.25, 0.3) is 0 Å². The molecule has 10 heteroatoms. The van der Waals surface area contributed by atoms with E-state index in [1.165, 1.54) is 11.3 Å². The van der Waals surface area contributed by atoms with Gasteiger partial charge in [0.2, 0.25) is 5.88 Å². The van der Waals surface area contributed by atoms with Gasteiger partial charge in [0, 0.05) is 53.3 Å². The molecule has 0 bridgehead atoms. The fraction of sp³-hybridized carbons (Fsp3) is 0.438. The van der Waals surface area contributed by atoms with Gasteiger partial charge >= 0.3 is 12.1 Å². The summed E-state index contributed by atoms with van der Waals surface area (Å²) in [7, 11) is 2.15. The Hall–Kier alpha value is -5.35. The number of benzene rings is 3. The van der Waals surface area contributed by atoms with E-state index < -0.39 is 17.7 Å². The Kier molecular flexibility index (Phi) is 14.1. The lowest BCUT2D eigenvalue weighted by atomic mass is 9.97. The molecular weight excluding hydrogens is 729 g/mol. The number of hydrogen-bond acceptors (Lipinski definition) is 8. The molecule has 0 saturated carbocycles. The van der Waals surface area contributed by atoms with Crippen LogP contribution < -0.4 is 14.8 Å². The number of nitrogens with one attached hydrogen (secondary N) is 1.